The Hall–Kier alpha value is -3.08. The number of nitrogens with one attached hydrogen (secondary N) is 1. The first-order valence-corrected chi connectivity index (χ1v) is 8.94. The summed E-state index contributed by atoms with van der Waals surface area (Å²) >= 11 is 0. The van der Waals surface area contributed by atoms with Gasteiger partial charge in [0.25, 0.3) is 5.91 Å². The summed E-state index contributed by atoms with van der Waals surface area (Å²) < 4.78 is 1.76. The normalized spacial score (nSPS) is 14.3. The number of carbonyl (C=O) groups excluding carboxylic acids is 1. The fraction of sp³-hybridized carbons (Fsp3) is 0.238. The maximum atomic E-state index is 12.6. The van der Waals surface area contributed by atoms with Crippen molar-refractivity contribution in [2.75, 3.05) is 11.1 Å². The molecule has 5 heteroatoms. The minimum atomic E-state index is -0.199. The number of rotatable bonds is 3. The minimum absolute atomic E-state index is 0.199. The Labute approximate surface area is 152 Å². The Morgan fingerprint density at radius 1 is 1.19 bits per heavy atom. The first-order valence-electron chi connectivity index (χ1n) is 8.94. The van der Waals surface area contributed by atoms with E-state index >= 15 is 0 Å². The summed E-state index contributed by atoms with van der Waals surface area (Å²) in [5, 5.41) is 8.25. The second kappa shape index (κ2) is 6.67. The fourth-order valence-corrected chi connectivity index (χ4v) is 3.49. The van der Waals surface area contributed by atoms with Crippen molar-refractivity contribution in [3.8, 4) is 0 Å². The zero-order valence-electron chi connectivity index (χ0n) is 14.8. The van der Waals surface area contributed by atoms with Crippen LogP contribution in [0.3, 0.4) is 0 Å². The van der Waals surface area contributed by atoms with Gasteiger partial charge in [-0.05, 0) is 67.2 Å². The van der Waals surface area contributed by atoms with Crippen molar-refractivity contribution in [2.45, 2.75) is 25.7 Å². The third-order valence-corrected chi connectivity index (χ3v) is 4.83. The summed E-state index contributed by atoms with van der Waals surface area (Å²) in [6, 6.07) is 11.4. The van der Waals surface area contributed by atoms with Gasteiger partial charge in [0, 0.05) is 30.0 Å². The van der Waals surface area contributed by atoms with E-state index in [-0.39, 0.29) is 5.91 Å². The number of nitrogens with two attached hydrogens (primary N) is 1. The smallest absolute Gasteiger partial charge is 0.257 e. The highest BCUT2D eigenvalue weighted by Crippen LogP contribution is 2.29. The van der Waals surface area contributed by atoms with Crippen LogP contribution in [-0.4, -0.2) is 15.7 Å². The number of hydrogen-bond acceptors (Lipinski definition) is 3. The number of amides is 1. The van der Waals surface area contributed by atoms with Crippen molar-refractivity contribution in [1.82, 2.24) is 9.78 Å². The zero-order valence-corrected chi connectivity index (χ0v) is 14.8. The summed E-state index contributed by atoms with van der Waals surface area (Å²) in [4.78, 5) is 12.6. The van der Waals surface area contributed by atoms with Gasteiger partial charge in [0.1, 0.15) is 0 Å². The number of aromatic nitrogens is 2. The van der Waals surface area contributed by atoms with Gasteiger partial charge in [-0.2, -0.15) is 5.10 Å². The largest absolute Gasteiger partial charge is 0.398 e. The number of fused-ring (bicyclic) bond motifs is 1. The van der Waals surface area contributed by atoms with E-state index in [0.29, 0.717) is 11.3 Å². The molecule has 1 heterocycles. The molecule has 3 N–H and O–H groups in total. The molecule has 0 unspecified atom stereocenters. The second-order valence-electron chi connectivity index (χ2n) is 6.81. The predicted octanol–water partition coefficient (Wildman–Crippen LogP) is 4.37. The molecule has 1 aromatic heterocycles. The standard InChI is InChI=1S/C21H22N4O/c1-25-13-16-11-17(8-10-20(16)24-25)23-21(26)18-9-7-15(12-19(18)22)14-5-3-2-4-6-14/h5,7-13H,2-4,6,22H2,1H3,(H,23,26). The number of nitrogens with zero attached hydrogens (tertiary/aromatic N) is 2. The Morgan fingerprint density at radius 2 is 2.08 bits per heavy atom. The van der Waals surface area contributed by atoms with E-state index in [1.54, 1.807) is 4.68 Å². The maximum Gasteiger partial charge on any atom is 0.257 e. The van der Waals surface area contributed by atoms with Crippen molar-refractivity contribution >= 4 is 33.8 Å². The van der Waals surface area contributed by atoms with Gasteiger partial charge in [0.05, 0.1) is 11.1 Å². The number of allylic oxidation sites excluding steroid dienone is 2. The molecule has 0 saturated heterocycles. The van der Waals surface area contributed by atoms with Crippen LogP contribution in [0.15, 0.2) is 48.7 Å². The summed E-state index contributed by atoms with van der Waals surface area (Å²) in [5.74, 6) is -0.199. The van der Waals surface area contributed by atoms with E-state index in [2.05, 4.69) is 16.5 Å². The van der Waals surface area contributed by atoms with Crippen LogP contribution in [0.25, 0.3) is 16.5 Å². The number of nitrogen functional groups attached to an aromatic ring is 1. The Balaban J connectivity index is 1.56. The Bertz CT molecular complexity index is 1020. The molecule has 26 heavy (non-hydrogen) atoms. The lowest BCUT2D eigenvalue weighted by molar-refractivity contribution is 0.102. The van der Waals surface area contributed by atoms with Crippen LogP contribution in [-0.2, 0) is 7.05 Å². The molecule has 0 spiro atoms. The highest BCUT2D eigenvalue weighted by molar-refractivity contribution is 6.08. The van der Waals surface area contributed by atoms with Gasteiger partial charge in [-0.25, -0.2) is 0 Å². The Morgan fingerprint density at radius 3 is 2.85 bits per heavy atom. The molecule has 0 radical (unpaired) electrons. The fourth-order valence-electron chi connectivity index (χ4n) is 3.49. The van der Waals surface area contributed by atoms with Crippen LogP contribution in [0.4, 0.5) is 11.4 Å². The van der Waals surface area contributed by atoms with Crippen LogP contribution in [0.1, 0.15) is 41.6 Å². The molecule has 0 fully saturated rings. The average Bonchev–Trinajstić information content (AvgIpc) is 3.01. The predicted molar refractivity (Wildman–Crippen MR) is 106 cm³/mol. The molecule has 132 valence electrons. The van der Waals surface area contributed by atoms with E-state index < -0.39 is 0 Å². The van der Waals surface area contributed by atoms with Gasteiger partial charge in [0.15, 0.2) is 0 Å². The van der Waals surface area contributed by atoms with Gasteiger partial charge < -0.3 is 11.1 Å². The summed E-state index contributed by atoms with van der Waals surface area (Å²) in [5.41, 5.74) is 11.3. The van der Waals surface area contributed by atoms with Crippen LogP contribution in [0.5, 0.6) is 0 Å². The van der Waals surface area contributed by atoms with Crippen LogP contribution in [0, 0.1) is 0 Å². The number of hydrogen-bond donors (Lipinski definition) is 2. The zero-order chi connectivity index (χ0) is 18.1. The van der Waals surface area contributed by atoms with Crippen molar-refractivity contribution in [3.05, 3.63) is 59.8 Å². The molecule has 1 amide bonds. The lowest BCUT2D eigenvalue weighted by Crippen LogP contribution is -2.14. The molecule has 2 aromatic carbocycles. The molecule has 0 atom stereocenters. The number of benzene rings is 2. The van der Waals surface area contributed by atoms with Gasteiger partial charge in [0.2, 0.25) is 0 Å². The lowest BCUT2D eigenvalue weighted by Gasteiger charge is -2.15. The second-order valence-corrected chi connectivity index (χ2v) is 6.81. The number of carbonyl (C=O) groups is 1. The highest BCUT2D eigenvalue weighted by Gasteiger charge is 2.13. The van der Waals surface area contributed by atoms with E-state index in [1.165, 1.54) is 18.4 Å². The van der Waals surface area contributed by atoms with E-state index in [9.17, 15) is 4.79 Å². The van der Waals surface area contributed by atoms with Gasteiger partial charge in [-0.3, -0.25) is 9.48 Å². The topological polar surface area (TPSA) is 72.9 Å². The molecule has 0 bridgehead atoms. The summed E-state index contributed by atoms with van der Waals surface area (Å²) in [6.07, 6.45) is 8.86. The van der Waals surface area contributed by atoms with E-state index in [0.717, 1.165) is 35.0 Å². The quantitative estimate of drug-likeness (QED) is 0.692. The first kappa shape index (κ1) is 16.4. The van der Waals surface area contributed by atoms with Gasteiger partial charge >= 0.3 is 0 Å². The molecule has 4 rings (SSSR count). The molecular weight excluding hydrogens is 324 g/mol. The molecule has 1 aliphatic rings. The third-order valence-electron chi connectivity index (χ3n) is 4.83. The van der Waals surface area contributed by atoms with Crippen molar-refractivity contribution in [2.24, 2.45) is 7.05 Å². The van der Waals surface area contributed by atoms with Crippen LogP contribution < -0.4 is 11.1 Å². The third kappa shape index (κ3) is 3.20. The average molecular weight is 346 g/mol. The molecule has 0 aliphatic heterocycles. The van der Waals surface area contributed by atoms with Gasteiger partial charge in [-0.15, -0.1) is 0 Å². The molecule has 1 aliphatic carbocycles. The van der Waals surface area contributed by atoms with E-state index in [1.807, 2.05) is 49.6 Å². The highest BCUT2D eigenvalue weighted by atomic mass is 16.1. The molecule has 5 nitrogen and oxygen atoms in total. The number of anilines is 2. The molecule has 3 aromatic rings. The number of aryl methyl sites for hydroxylation is 1. The van der Waals surface area contributed by atoms with Gasteiger partial charge in [-0.1, -0.05) is 12.1 Å². The summed E-state index contributed by atoms with van der Waals surface area (Å²) in [7, 11) is 1.88. The Kier molecular flexibility index (Phi) is 4.21. The van der Waals surface area contributed by atoms with Crippen LogP contribution in [0.2, 0.25) is 0 Å². The van der Waals surface area contributed by atoms with E-state index in [4.69, 9.17) is 5.73 Å². The van der Waals surface area contributed by atoms with Crippen molar-refractivity contribution in [3.63, 3.8) is 0 Å². The van der Waals surface area contributed by atoms with Crippen LogP contribution >= 0.6 is 0 Å². The van der Waals surface area contributed by atoms with Crippen molar-refractivity contribution in [1.29, 1.82) is 0 Å². The van der Waals surface area contributed by atoms with Crippen molar-refractivity contribution < 1.29 is 4.79 Å². The first-order chi connectivity index (χ1) is 12.6. The SMILES string of the molecule is Cn1cc2cc(NC(=O)c3ccc(C4=CCCCC4)cc3N)ccc2n1. The summed E-state index contributed by atoms with van der Waals surface area (Å²) in [6.45, 7) is 0. The monoisotopic (exact) mass is 346 g/mol. The molecule has 0 saturated carbocycles. The minimum Gasteiger partial charge on any atom is -0.398 e. The maximum absolute atomic E-state index is 12.6. The molecular formula is C21H22N4O. The lowest BCUT2D eigenvalue weighted by atomic mass is 9.92.